The second-order valence-electron chi connectivity index (χ2n) is 8.55. The van der Waals surface area contributed by atoms with Gasteiger partial charge < -0.3 is 24.4 Å². The number of esters is 1. The number of likely N-dealkylation sites (N-methyl/N-ethyl adjacent to an activating group) is 1. The number of hydrogen-bond acceptors (Lipinski definition) is 8. The average Bonchev–Trinajstić information content (AvgIpc) is 3.26. The van der Waals surface area contributed by atoms with E-state index < -0.39 is 29.7 Å². The number of halogens is 1. The van der Waals surface area contributed by atoms with Gasteiger partial charge in [0.05, 0.1) is 25.8 Å². The second kappa shape index (κ2) is 11.2. The molecule has 1 fully saturated rings. The molecule has 0 saturated carbocycles. The van der Waals surface area contributed by atoms with Crippen LogP contribution in [0, 0.1) is 5.82 Å². The van der Waals surface area contributed by atoms with Gasteiger partial charge >= 0.3 is 5.97 Å². The SMILES string of the molecule is COc1ccc(OC)c(C(=O)c2ccc(C(=O)O[C@@H]3CN(C)C[C@H]3NC(=O)c3ccncc3)cc2)c1F. The van der Waals surface area contributed by atoms with Crippen LogP contribution in [0.25, 0.3) is 0 Å². The Labute approximate surface area is 213 Å². The van der Waals surface area contributed by atoms with Gasteiger partial charge in [0.25, 0.3) is 5.91 Å². The van der Waals surface area contributed by atoms with Crippen LogP contribution in [-0.4, -0.2) is 74.0 Å². The third-order valence-electron chi connectivity index (χ3n) is 6.08. The maximum Gasteiger partial charge on any atom is 0.338 e. The summed E-state index contributed by atoms with van der Waals surface area (Å²) in [6.07, 6.45) is 2.49. The summed E-state index contributed by atoms with van der Waals surface area (Å²) in [6.45, 7) is 0.953. The summed E-state index contributed by atoms with van der Waals surface area (Å²) in [6, 6.07) is 11.3. The first-order valence-corrected chi connectivity index (χ1v) is 11.5. The minimum atomic E-state index is -0.833. The molecular weight excluding hydrogens is 481 g/mol. The Morgan fingerprint density at radius 3 is 2.16 bits per heavy atom. The Balaban J connectivity index is 1.46. The highest BCUT2D eigenvalue weighted by atomic mass is 19.1. The van der Waals surface area contributed by atoms with E-state index in [0.717, 1.165) is 0 Å². The summed E-state index contributed by atoms with van der Waals surface area (Å²) in [4.78, 5) is 44.3. The highest BCUT2D eigenvalue weighted by molar-refractivity contribution is 6.11. The van der Waals surface area contributed by atoms with Gasteiger partial charge in [-0.25, -0.2) is 9.18 Å². The number of aromatic nitrogens is 1. The van der Waals surface area contributed by atoms with E-state index >= 15 is 0 Å². The van der Waals surface area contributed by atoms with Crippen LogP contribution in [0.4, 0.5) is 4.39 Å². The normalized spacial score (nSPS) is 17.2. The lowest BCUT2D eigenvalue weighted by Crippen LogP contribution is -2.44. The standard InChI is InChI=1S/C27H26FN3O6/c1-31-14-19(30-26(33)17-10-12-29-13-11-17)22(15-31)37-27(34)18-6-4-16(5-7-18)25(32)23-20(35-2)8-9-21(36-3)24(23)28/h4-13,19,22H,14-15H2,1-3H3,(H,30,33)/t19-,22-/m1/s1. The van der Waals surface area contributed by atoms with Gasteiger partial charge in [0.1, 0.15) is 17.4 Å². The van der Waals surface area contributed by atoms with Crippen LogP contribution >= 0.6 is 0 Å². The van der Waals surface area contributed by atoms with Crippen LogP contribution in [0.3, 0.4) is 0 Å². The van der Waals surface area contributed by atoms with Crippen LogP contribution in [0.5, 0.6) is 11.5 Å². The summed E-state index contributed by atoms with van der Waals surface area (Å²) in [5.74, 6) is -2.36. The molecule has 10 heteroatoms. The number of carbonyl (C=O) groups excluding carboxylic acids is 3. The molecule has 1 N–H and O–H groups in total. The van der Waals surface area contributed by atoms with Crippen molar-refractivity contribution in [2.75, 3.05) is 34.4 Å². The maximum atomic E-state index is 14.8. The predicted octanol–water partition coefficient (Wildman–Crippen LogP) is 2.74. The number of amides is 1. The van der Waals surface area contributed by atoms with Gasteiger partial charge in [-0.15, -0.1) is 0 Å². The Morgan fingerprint density at radius 2 is 1.51 bits per heavy atom. The molecule has 0 bridgehead atoms. The minimum absolute atomic E-state index is 0.0667. The van der Waals surface area contributed by atoms with Crippen LogP contribution < -0.4 is 14.8 Å². The molecule has 37 heavy (non-hydrogen) atoms. The summed E-state index contributed by atoms with van der Waals surface area (Å²) >= 11 is 0. The third-order valence-corrected chi connectivity index (χ3v) is 6.08. The van der Waals surface area contributed by atoms with Crippen LogP contribution in [0.15, 0.2) is 60.9 Å². The van der Waals surface area contributed by atoms with E-state index in [9.17, 15) is 18.8 Å². The smallest absolute Gasteiger partial charge is 0.338 e. The van der Waals surface area contributed by atoms with Crippen molar-refractivity contribution in [1.29, 1.82) is 0 Å². The van der Waals surface area contributed by atoms with Gasteiger partial charge in [-0.3, -0.25) is 14.6 Å². The molecular formula is C27H26FN3O6. The van der Waals surface area contributed by atoms with Gasteiger partial charge in [0.15, 0.2) is 17.3 Å². The van der Waals surface area contributed by atoms with E-state index in [4.69, 9.17) is 14.2 Å². The molecule has 1 aliphatic heterocycles. The van der Waals surface area contributed by atoms with E-state index in [1.54, 1.807) is 12.1 Å². The zero-order valence-electron chi connectivity index (χ0n) is 20.6. The van der Waals surface area contributed by atoms with Gasteiger partial charge in [-0.1, -0.05) is 12.1 Å². The number of nitrogens with zero attached hydrogens (tertiary/aromatic N) is 2. The molecule has 0 aliphatic carbocycles. The lowest BCUT2D eigenvalue weighted by molar-refractivity contribution is 0.0270. The Morgan fingerprint density at radius 1 is 0.892 bits per heavy atom. The van der Waals surface area contributed by atoms with Crippen molar-refractivity contribution in [1.82, 2.24) is 15.2 Å². The Hall–Kier alpha value is -4.31. The number of rotatable bonds is 8. The van der Waals surface area contributed by atoms with E-state index in [0.29, 0.717) is 18.7 Å². The molecule has 1 aliphatic rings. The highest BCUT2D eigenvalue weighted by Crippen LogP contribution is 2.31. The summed E-state index contributed by atoms with van der Waals surface area (Å²) in [5.41, 5.74) is 0.562. The number of pyridine rings is 1. The van der Waals surface area contributed by atoms with Crippen molar-refractivity contribution in [3.8, 4) is 11.5 Å². The van der Waals surface area contributed by atoms with Crippen molar-refractivity contribution in [2.24, 2.45) is 0 Å². The quantitative estimate of drug-likeness (QED) is 0.367. The number of hydrogen-bond donors (Lipinski definition) is 1. The van der Waals surface area contributed by atoms with Crippen molar-refractivity contribution < 1.29 is 33.0 Å². The molecule has 2 atom stereocenters. The average molecular weight is 508 g/mol. The van der Waals surface area contributed by atoms with Crippen molar-refractivity contribution >= 4 is 17.7 Å². The molecule has 3 aromatic rings. The molecule has 0 spiro atoms. The second-order valence-corrected chi connectivity index (χ2v) is 8.55. The Bertz CT molecular complexity index is 1300. The molecule has 9 nitrogen and oxygen atoms in total. The van der Waals surface area contributed by atoms with Crippen LogP contribution in [-0.2, 0) is 4.74 Å². The fourth-order valence-electron chi connectivity index (χ4n) is 4.16. The fourth-order valence-corrected chi connectivity index (χ4v) is 4.16. The molecule has 1 amide bonds. The Kier molecular flexibility index (Phi) is 7.78. The van der Waals surface area contributed by atoms with Gasteiger partial charge in [0, 0.05) is 36.6 Å². The molecule has 0 unspecified atom stereocenters. The molecule has 4 rings (SSSR count). The topological polar surface area (TPSA) is 107 Å². The van der Waals surface area contributed by atoms with Crippen LogP contribution in [0.2, 0.25) is 0 Å². The lowest BCUT2D eigenvalue weighted by Gasteiger charge is -2.20. The maximum absolute atomic E-state index is 14.8. The number of nitrogens with one attached hydrogen (secondary N) is 1. The van der Waals surface area contributed by atoms with E-state index in [1.807, 2.05) is 11.9 Å². The molecule has 2 heterocycles. The zero-order chi connectivity index (χ0) is 26.5. The van der Waals surface area contributed by atoms with Crippen molar-refractivity contribution in [3.63, 3.8) is 0 Å². The first-order chi connectivity index (χ1) is 17.8. The number of methoxy groups -OCH3 is 2. The first kappa shape index (κ1) is 25.8. The highest BCUT2D eigenvalue weighted by Gasteiger charge is 2.35. The first-order valence-electron chi connectivity index (χ1n) is 11.5. The predicted molar refractivity (Wildman–Crippen MR) is 132 cm³/mol. The summed E-state index contributed by atoms with van der Waals surface area (Å²) in [5, 5.41) is 2.91. The third kappa shape index (κ3) is 5.59. The zero-order valence-corrected chi connectivity index (χ0v) is 20.6. The summed E-state index contributed by atoms with van der Waals surface area (Å²) < 4.78 is 30.6. The van der Waals surface area contributed by atoms with Gasteiger partial charge in [0.2, 0.25) is 0 Å². The van der Waals surface area contributed by atoms with E-state index in [1.165, 1.54) is 63.0 Å². The van der Waals surface area contributed by atoms with Gasteiger partial charge in [-0.05, 0) is 43.4 Å². The number of ketones is 1. The molecule has 1 saturated heterocycles. The van der Waals surface area contributed by atoms with Crippen molar-refractivity contribution in [2.45, 2.75) is 12.1 Å². The number of benzene rings is 2. The number of carbonyl (C=O) groups is 3. The molecule has 1 aromatic heterocycles. The molecule has 2 aromatic carbocycles. The lowest BCUT2D eigenvalue weighted by atomic mass is 10.00. The van der Waals surface area contributed by atoms with Crippen molar-refractivity contribution in [3.05, 3.63) is 89.0 Å². The monoisotopic (exact) mass is 507 g/mol. The fraction of sp³-hybridized carbons (Fsp3) is 0.259. The molecule has 192 valence electrons. The van der Waals surface area contributed by atoms with Crippen LogP contribution in [0.1, 0.15) is 36.6 Å². The number of likely N-dealkylation sites (tertiary alicyclic amines) is 1. The van der Waals surface area contributed by atoms with E-state index in [2.05, 4.69) is 10.3 Å². The molecule has 0 radical (unpaired) electrons. The number of ether oxygens (including phenoxy) is 3. The van der Waals surface area contributed by atoms with E-state index in [-0.39, 0.29) is 34.1 Å². The van der Waals surface area contributed by atoms with Gasteiger partial charge in [-0.2, -0.15) is 0 Å². The minimum Gasteiger partial charge on any atom is -0.496 e. The largest absolute Gasteiger partial charge is 0.496 e. The summed E-state index contributed by atoms with van der Waals surface area (Å²) in [7, 11) is 4.51.